The van der Waals surface area contributed by atoms with Gasteiger partial charge in [-0.25, -0.2) is 0 Å². The number of benzene rings is 3. The van der Waals surface area contributed by atoms with Crippen molar-refractivity contribution in [2.24, 2.45) is 21.1 Å². The number of nitrogens with zero attached hydrogens (tertiary/aromatic N) is 6. The van der Waals surface area contributed by atoms with Crippen LogP contribution in [0.3, 0.4) is 0 Å². The van der Waals surface area contributed by atoms with E-state index >= 15 is 0 Å². The molecule has 0 saturated heterocycles. The fourth-order valence-corrected chi connectivity index (χ4v) is 4.89. The molecule has 3 aromatic carbocycles. The number of imidazole rings is 3. The van der Waals surface area contributed by atoms with Gasteiger partial charge in [0.15, 0.2) is 0 Å². The van der Waals surface area contributed by atoms with Gasteiger partial charge in [0.2, 0.25) is 0 Å². The van der Waals surface area contributed by atoms with Crippen molar-refractivity contribution in [1.82, 2.24) is 28.7 Å². The molecule has 6 rings (SSSR count). The van der Waals surface area contributed by atoms with Crippen LogP contribution in [0.4, 0.5) is 0 Å². The van der Waals surface area contributed by atoms with Crippen LogP contribution in [0.15, 0.2) is 67.8 Å². The molecular formula is C37H41IrN6. The Morgan fingerprint density at radius 1 is 0.523 bits per heavy atom. The third-order valence-electron chi connectivity index (χ3n) is 7.24. The summed E-state index contributed by atoms with van der Waals surface area (Å²) < 4.78 is 5.92. The van der Waals surface area contributed by atoms with Crippen LogP contribution in [-0.2, 0) is 41.2 Å². The largest absolute Gasteiger partial charge is 3.00 e. The third kappa shape index (κ3) is 8.52. The predicted molar refractivity (Wildman–Crippen MR) is 176 cm³/mol. The van der Waals surface area contributed by atoms with Crippen molar-refractivity contribution in [1.29, 1.82) is 0 Å². The summed E-state index contributed by atoms with van der Waals surface area (Å²) in [5.41, 5.74) is 14.9. The second-order valence-corrected chi connectivity index (χ2v) is 11.3. The Morgan fingerprint density at radius 2 is 0.909 bits per heavy atom. The molecule has 0 atom stereocenters. The van der Waals surface area contributed by atoms with Crippen LogP contribution in [0.25, 0.3) is 33.8 Å². The second kappa shape index (κ2) is 15.1. The molecule has 0 bridgehead atoms. The molecule has 228 valence electrons. The van der Waals surface area contributed by atoms with E-state index < -0.39 is 0 Å². The molecule has 3 aromatic heterocycles. The van der Waals surface area contributed by atoms with Gasteiger partial charge in [-0.2, -0.15) is 0 Å². The molecule has 3 heterocycles. The molecule has 0 aliphatic rings. The minimum absolute atomic E-state index is 0. The van der Waals surface area contributed by atoms with Crippen molar-refractivity contribution >= 4 is 0 Å². The number of hydrogen-bond acceptors (Lipinski definition) is 3. The fraction of sp³-hybridized carbons (Fsp3) is 0.270. The zero-order chi connectivity index (χ0) is 31.3. The maximum Gasteiger partial charge on any atom is 3.00 e. The molecule has 0 amide bonds. The average molecular weight is 762 g/mol. The maximum absolute atomic E-state index is 4.41. The van der Waals surface area contributed by atoms with Crippen LogP contribution in [0, 0.1) is 66.7 Å². The summed E-state index contributed by atoms with van der Waals surface area (Å²) in [5.74, 6) is 0. The van der Waals surface area contributed by atoms with Crippen LogP contribution >= 0.6 is 0 Å². The van der Waals surface area contributed by atoms with Gasteiger partial charge in [0.1, 0.15) is 0 Å². The van der Waals surface area contributed by atoms with E-state index in [1.54, 1.807) is 0 Å². The Balaban J connectivity index is 0.000000178. The van der Waals surface area contributed by atoms with E-state index in [0.717, 1.165) is 33.8 Å². The van der Waals surface area contributed by atoms with Crippen LogP contribution in [0.2, 0.25) is 0 Å². The van der Waals surface area contributed by atoms with E-state index in [0.29, 0.717) is 0 Å². The molecule has 0 aliphatic heterocycles. The summed E-state index contributed by atoms with van der Waals surface area (Å²) in [4.78, 5) is 13.0. The van der Waals surface area contributed by atoms with Crippen molar-refractivity contribution in [3.63, 3.8) is 0 Å². The summed E-state index contributed by atoms with van der Waals surface area (Å²) >= 11 is 0. The van der Waals surface area contributed by atoms with Crippen LogP contribution in [-0.4, -0.2) is 28.7 Å². The SMILES string of the molecule is Cc1c[c-]c(-c2cn(C)cn2)c(C)c1.Cc1c[c-]c(-c2cn(C)cn2)c(C)c1.Cc1c[c-]c(-c2ncn(C)c2C)c(C)c1.[Ir+3]. The summed E-state index contributed by atoms with van der Waals surface area (Å²) in [7, 11) is 5.95. The number of aryl methyl sites for hydroxylation is 9. The number of rotatable bonds is 3. The zero-order valence-corrected chi connectivity index (χ0v) is 29.8. The molecule has 0 saturated carbocycles. The molecule has 0 radical (unpaired) electrons. The van der Waals surface area contributed by atoms with E-state index in [-0.39, 0.29) is 20.1 Å². The molecular weight excluding hydrogens is 721 g/mol. The van der Waals surface area contributed by atoms with E-state index in [2.05, 4.69) is 99.8 Å². The first-order valence-corrected chi connectivity index (χ1v) is 14.3. The first-order valence-electron chi connectivity index (χ1n) is 14.3. The molecule has 44 heavy (non-hydrogen) atoms. The standard InChI is InChI=1S/C13H15N2.2C12H13N2.Ir/c1-9-5-6-12(10(2)7-9)13-11(3)15(4)8-14-13;2*1-9-4-5-11(10(2)6-9)12-7-14(3)8-13-12;/h5,7-8H,1-4H3;2*4,6-8H,1-3H3;/q3*-1;+3. The Labute approximate surface area is 276 Å². The third-order valence-corrected chi connectivity index (χ3v) is 7.24. The first-order chi connectivity index (χ1) is 20.4. The summed E-state index contributed by atoms with van der Waals surface area (Å²) in [5, 5.41) is 0. The minimum Gasteiger partial charge on any atom is -0.350 e. The van der Waals surface area contributed by atoms with Crippen molar-refractivity contribution in [3.8, 4) is 33.8 Å². The Morgan fingerprint density at radius 3 is 1.20 bits per heavy atom. The molecule has 0 fully saturated rings. The van der Waals surface area contributed by atoms with Gasteiger partial charge in [0.25, 0.3) is 0 Å². The molecule has 0 unspecified atom stereocenters. The molecule has 7 heteroatoms. The molecule has 0 aliphatic carbocycles. The predicted octanol–water partition coefficient (Wildman–Crippen LogP) is 7.82. The molecule has 6 aromatic rings. The normalized spacial score (nSPS) is 10.3. The monoisotopic (exact) mass is 762 g/mol. The van der Waals surface area contributed by atoms with Gasteiger partial charge in [0.05, 0.1) is 19.0 Å². The topological polar surface area (TPSA) is 53.5 Å². The van der Waals surface area contributed by atoms with Gasteiger partial charge in [-0.15, -0.1) is 105 Å². The first kappa shape index (κ1) is 34.4. The summed E-state index contributed by atoms with van der Waals surface area (Å²) in [6.07, 6.45) is 9.48. The van der Waals surface area contributed by atoms with Crippen molar-refractivity contribution in [3.05, 3.63) is 125 Å². The Hall–Kier alpha value is -4.06. The maximum atomic E-state index is 4.41. The Bertz CT molecular complexity index is 1750. The van der Waals surface area contributed by atoms with Crippen molar-refractivity contribution in [2.75, 3.05) is 0 Å². The molecule has 0 N–H and O–H groups in total. The zero-order valence-electron chi connectivity index (χ0n) is 27.4. The van der Waals surface area contributed by atoms with E-state index in [9.17, 15) is 0 Å². The fourth-order valence-electron chi connectivity index (χ4n) is 4.89. The van der Waals surface area contributed by atoms with E-state index in [1.807, 2.05) is 84.4 Å². The van der Waals surface area contributed by atoms with E-state index in [1.165, 1.54) is 39.1 Å². The number of hydrogen-bond donors (Lipinski definition) is 0. The van der Waals surface area contributed by atoms with Gasteiger partial charge < -0.3 is 13.7 Å². The Kier molecular flexibility index (Phi) is 11.8. The number of aromatic nitrogens is 6. The van der Waals surface area contributed by atoms with Gasteiger partial charge in [0, 0.05) is 38.2 Å². The molecule has 0 spiro atoms. The van der Waals surface area contributed by atoms with Crippen molar-refractivity contribution in [2.45, 2.75) is 48.5 Å². The summed E-state index contributed by atoms with van der Waals surface area (Å²) in [6, 6.07) is 22.3. The van der Waals surface area contributed by atoms with E-state index in [4.69, 9.17) is 0 Å². The van der Waals surface area contributed by atoms with Gasteiger partial charge >= 0.3 is 20.1 Å². The quantitative estimate of drug-likeness (QED) is 0.173. The van der Waals surface area contributed by atoms with Gasteiger partial charge in [-0.05, 0) is 25.0 Å². The van der Waals surface area contributed by atoms with Crippen molar-refractivity contribution < 1.29 is 20.1 Å². The average Bonchev–Trinajstić information content (AvgIpc) is 3.66. The van der Waals surface area contributed by atoms with Crippen LogP contribution in [0.1, 0.15) is 39.1 Å². The summed E-state index contributed by atoms with van der Waals surface area (Å²) in [6.45, 7) is 14.6. The van der Waals surface area contributed by atoms with Gasteiger partial charge in [-0.1, -0.05) is 41.5 Å². The van der Waals surface area contributed by atoms with Gasteiger partial charge in [-0.3, -0.25) is 15.0 Å². The van der Waals surface area contributed by atoms with Crippen LogP contribution in [0.5, 0.6) is 0 Å². The van der Waals surface area contributed by atoms with Crippen LogP contribution < -0.4 is 0 Å². The second-order valence-electron chi connectivity index (χ2n) is 11.3. The minimum atomic E-state index is 0. The smallest absolute Gasteiger partial charge is 0.350 e. The molecule has 6 nitrogen and oxygen atoms in total.